The van der Waals surface area contributed by atoms with Crippen molar-refractivity contribution in [2.24, 2.45) is 5.73 Å². The van der Waals surface area contributed by atoms with Gasteiger partial charge >= 0.3 is 0 Å². The van der Waals surface area contributed by atoms with Gasteiger partial charge in [-0.2, -0.15) is 0 Å². The molecule has 0 fully saturated rings. The summed E-state index contributed by atoms with van der Waals surface area (Å²) in [5.41, 5.74) is 6.89. The van der Waals surface area contributed by atoms with Gasteiger partial charge in [-0.3, -0.25) is 10.1 Å². The largest absolute Gasteiger partial charge is 0.374 e. The Kier molecular flexibility index (Phi) is 3.91. The zero-order valence-electron chi connectivity index (χ0n) is 10.7. The minimum absolute atomic E-state index is 0.0339. The maximum Gasteiger partial charge on any atom is 0.295 e. The summed E-state index contributed by atoms with van der Waals surface area (Å²) in [6, 6.07) is 6.87. The van der Waals surface area contributed by atoms with Crippen LogP contribution in [0.3, 0.4) is 0 Å². The Hall–Kier alpha value is -2.21. The number of nitro groups is 1. The number of non-ortho nitro benzene ring substituents is 1. The van der Waals surface area contributed by atoms with Crippen LogP contribution >= 0.6 is 0 Å². The van der Waals surface area contributed by atoms with Gasteiger partial charge in [-0.05, 0) is 19.0 Å². The van der Waals surface area contributed by atoms with Crippen LogP contribution in [0.1, 0.15) is 6.42 Å². The van der Waals surface area contributed by atoms with Crippen LogP contribution in [0.15, 0.2) is 30.5 Å². The van der Waals surface area contributed by atoms with E-state index in [0.717, 1.165) is 24.0 Å². The lowest BCUT2D eigenvalue weighted by Crippen LogP contribution is -2.21. The second-order valence-electron chi connectivity index (χ2n) is 4.32. The van der Waals surface area contributed by atoms with E-state index in [1.165, 1.54) is 6.07 Å². The van der Waals surface area contributed by atoms with Crippen molar-refractivity contribution in [2.45, 2.75) is 6.42 Å². The van der Waals surface area contributed by atoms with Crippen LogP contribution in [0.2, 0.25) is 0 Å². The Labute approximate surface area is 111 Å². The van der Waals surface area contributed by atoms with Gasteiger partial charge in [-0.1, -0.05) is 12.1 Å². The fraction of sp³-hybridized carbons (Fsp3) is 0.308. The average Bonchev–Trinajstić information content (AvgIpc) is 2.43. The van der Waals surface area contributed by atoms with E-state index >= 15 is 0 Å². The lowest BCUT2D eigenvalue weighted by molar-refractivity contribution is -0.383. The van der Waals surface area contributed by atoms with Crippen molar-refractivity contribution >= 4 is 22.3 Å². The molecule has 0 radical (unpaired) electrons. The van der Waals surface area contributed by atoms with Gasteiger partial charge in [0.25, 0.3) is 5.69 Å². The number of nitrogens with two attached hydrogens (primary N) is 1. The number of benzene rings is 1. The second kappa shape index (κ2) is 5.62. The first kappa shape index (κ1) is 13.2. The third-order valence-electron chi connectivity index (χ3n) is 3.03. The number of nitrogens with zero attached hydrogens (tertiary/aromatic N) is 3. The van der Waals surface area contributed by atoms with Crippen molar-refractivity contribution in [1.29, 1.82) is 0 Å². The summed E-state index contributed by atoms with van der Waals surface area (Å²) in [5.74, 6) is 0. The summed E-state index contributed by atoms with van der Waals surface area (Å²) in [4.78, 5) is 16.8. The maximum atomic E-state index is 11.0. The van der Waals surface area contributed by atoms with Gasteiger partial charge in [0.05, 0.1) is 4.92 Å². The van der Waals surface area contributed by atoms with Crippen molar-refractivity contribution in [3.8, 4) is 0 Å². The summed E-state index contributed by atoms with van der Waals surface area (Å²) in [6.45, 7) is 1.42. The van der Waals surface area contributed by atoms with Gasteiger partial charge in [0.2, 0.25) is 0 Å². The van der Waals surface area contributed by atoms with E-state index in [1.807, 2.05) is 24.1 Å². The number of para-hydroxylation sites is 1. The van der Waals surface area contributed by atoms with Gasteiger partial charge in [0.15, 0.2) is 0 Å². The molecule has 19 heavy (non-hydrogen) atoms. The normalized spacial score (nSPS) is 10.6. The first-order valence-electron chi connectivity index (χ1n) is 6.08. The van der Waals surface area contributed by atoms with E-state index in [4.69, 9.17) is 5.73 Å². The van der Waals surface area contributed by atoms with Gasteiger partial charge in [-0.15, -0.1) is 0 Å². The molecule has 2 N–H and O–H groups in total. The number of aromatic nitrogens is 1. The van der Waals surface area contributed by atoms with Crippen LogP contribution in [0.4, 0.5) is 11.4 Å². The average molecular weight is 260 g/mol. The van der Waals surface area contributed by atoms with E-state index < -0.39 is 4.92 Å². The van der Waals surface area contributed by atoms with E-state index in [0.29, 0.717) is 12.1 Å². The first-order valence-corrected chi connectivity index (χ1v) is 6.08. The summed E-state index contributed by atoms with van der Waals surface area (Å²) in [7, 11) is 1.95. The minimum Gasteiger partial charge on any atom is -0.374 e. The molecular weight excluding hydrogens is 244 g/mol. The van der Waals surface area contributed by atoms with Gasteiger partial charge in [0.1, 0.15) is 5.52 Å². The zero-order chi connectivity index (χ0) is 13.8. The lowest BCUT2D eigenvalue weighted by atomic mass is 10.1. The smallest absolute Gasteiger partial charge is 0.295 e. The highest BCUT2D eigenvalue weighted by Gasteiger charge is 2.15. The predicted molar refractivity (Wildman–Crippen MR) is 75.3 cm³/mol. The molecule has 1 aromatic carbocycles. The van der Waals surface area contributed by atoms with Crippen LogP contribution in [0.5, 0.6) is 0 Å². The van der Waals surface area contributed by atoms with E-state index in [9.17, 15) is 10.1 Å². The van der Waals surface area contributed by atoms with Gasteiger partial charge in [0, 0.05) is 36.9 Å². The molecule has 0 aliphatic carbocycles. The second-order valence-corrected chi connectivity index (χ2v) is 4.32. The summed E-state index contributed by atoms with van der Waals surface area (Å²) in [5, 5.41) is 11.8. The standard InChI is InChI=1S/C13H16N4O2/c1-16(9-3-7-14)11-6-8-15-13-10(11)4-2-5-12(13)17(18)19/h2,4-6,8H,3,7,9,14H2,1H3. The molecule has 0 unspecified atom stereocenters. The molecule has 0 aliphatic heterocycles. The van der Waals surface area contributed by atoms with Crippen molar-refractivity contribution in [2.75, 3.05) is 25.0 Å². The van der Waals surface area contributed by atoms with E-state index in [2.05, 4.69) is 4.98 Å². The van der Waals surface area contributed by atoms with Crippen molar-refractivity contribution in [3.05, 3.63) is 40.6 Å². The summed E-state index contributed by atoms with van der Waals surface area (Å²) < 4.78 is 0. The zero-order valence-corrected chi connectivity index (χ0v) is 10.7. The Morgan fingerprint density at radius 3 is 2.89 bits per heavy atom. The molecule has 6 nitrogen and oxygen atoms in total. The molecule has 1 aromatic heterocycles. The fourth-order valence-electron chi connectivity index (χ4n) is 2.07. The summed E-state index contributed by atoms with van der Waals surface area (Å²) >= 11 is 0. The third-order valence-corrected chi connectivity index (χ3v) is 3.03. The molecule has 0 aliphatic rings. The molecule has 0 bridgehead atoms. The van der Waals surface area contributed by atoms with Crippen LogP contribution in [0, 0.1) is 10.1 Å². The van der Waals surface area contributed by atoms with Gasteiger partial charge < -0.3 is 10.6 Å². The fourth-order valence-corrected chi connectivity index (χ4v) is 2.07. The van der Waals surface area contributed by atoms with Crippen LogP contribution in [-0.2, 0) is 0 Å². The molecule has 0 saturated heterocycles. The SMILES string of the molecule is CN(CCCN)c1ccnc2c([N+](=O)[O-])cccc12. The topological polar surface area (TPSA) is 85.3 Å². The summed E-state index contributed by atoms with van der Waals surface area (Å²) in [6.07, 6.45) is 2.47. The highest BCUT2D eigenvalue weighted by molar-refractivity contribution is 5.96. The van der Waals surface area contributed by atoms with Crippen LogP contribution < -0.4 is 10.6 Å². The molecule has 6 heteroatoms. The number of nitro benzene ring substituents is 1. The minimum atomic E-state index is -0.404. The van der Waals surface area contributed by atoms with Crippen LogP contribution in [-0.4, -0.2) is 30.0 Å². The lowest BCUT2D eigenvalue weighted by Gasteiger charge is -2.20. The van der Waals surface area contributed by atoms with Gasteiger partial charge in [-0.25, -0.2) is 4.98 Å². The number of pyridine rings is 1. The number of fused-ring (bicyclic) bond motifs is 1. The van der Waals surface area contributed by atoms with Crippen molar-refractivity contribution in [3.63, 3.8) is 0 Å². The molecule has 1 heterocycles. The Morgan fingerprint density at radius 1 is 1.42 bits per heavy atom. The third kappa shape index (κ3) is 2.63. The maximum absolute atomic E-state index is 11.0. The van der Waals surface area contributed by atoms with E-state index in [1.54, 1.807) is 12.3 Å². The number of rotatable bonds is 5. The predicted octanol–water partition coefficient (Wildman–Crippen LogP) is 1.93. The molecule has 0 amide bonds. The Bertz CT molecular complexity index is 600. The monoisotopic (exact) mass is 260 g/mol. The highest BCUT2D eigenvalue weighted by Crippen LogP contribution is 2.30. The molecule has 100 valence electrons. The first-order chi connectivity index (χ1) is 9.15. The number of hydrogen-bond donors (Lipinski definition) is 1. The Morgan fingerprint density at radius 2 is 2.21 bits per heavy atom. The highest BCUT2D eigenvalue weighted by atomic mass is 16.6. The van der Waals surface area contributed by atoms with Crippen LogP contribution in [0.25, 0.3) is 10.9 Å². The number of hydrogen-bond acceptors (Lipinski definition) is 5. The Balaban J connectivity index is 2.51. The van der Waals surface area contributed by atoms with Crippen molar-refractivity contribution in [1.82, 2.24) is 4.98 Å². The van der Waals surface area contributed by atoms with Crippen molar-refractivity contribution < 1.29 is 4.92 Å². The molecular formula is C13H16N4O2. The molecule has 2 aromatic rings. The molecule has 2 rings (SSSR count). The number of anilines is 1. The molecule has 0 spiro atoms. The van der Waals surface area contributed by atoms with E-state index in [-0.39, 0.29) is 5.69 Å². The molecule has 0 atom stereocenters. The quantitative estimate of drug-likeness (QED) is 0.655. The molecule has 0 saturated carbocycles.